The minimum atomic E-state index is -1.55. The van der Waals surface area contributed by atoms with Crippen LogP contribution in [-0.2, 0) is 10.3 Å². The Bertz CT molecular complexity index is 428. The van der Waals surface area contributed by atoms with E-state index in [2.05, 4.69) is 0 Å². The molecule has 2 nitrogen and oxygen atoms in total. The summed E-state index contributed by atoms with van der Waals surface area (Å²) in [5, 5.41) is 10.1. The summed E-state index contributed by atoms with van der Waals surface area (Å²) in [6, 6.07) is 1.90. The van der Waals surface area contributed by atoms with Crippen LogP contribution in [0, 0.1) is 17.5 Å². The number of halogens is 3. The van der Waals surface area contributed by atoms with Crippen molar-refractivity contribution in [3.8, 4) is 0 Å². The van der Waals surface area contributed by atoms with Crippen molar-refractivity contribution < 1.29 is 23.0 Å². The number of aliphatic hydroxyl groups is 1. The first-order valence-corrected chi connectivity index (χ1v) is 5.46. The molecule has 0 atom stereocenters. The molecule has 0 spiro atoms. The predicted octanol–water partition coefficient (Wildman–Crippen LogP) is 2.49. The summed E-state index contributed by atoms with van der Waals surface area (Å²) in [5.74, 6) is -4.12. The summed E-state index contributed by atoms with van der Waals surface area (Å²) >= 11 is 0. The molecule has 1 aromatic carbocycles. The fraction of sp³-hybridized carbons (Fsp3) is 0.500. The number of hydrogen-bond donors (Lipinski definition) is 1. The first-order chi connectivity index (χ1) is 7.98. The van der Waals surface area contributed by atoms with Gasteiger partial charge in [0.15, 0.2) is 17.5 Å². The van der Waals surface area contributed by atoms with E-state index in [1.807, 2.05) is 6.92 Å². The molecule has 0 bridgehead atoms. The summed E-state index contributed by atoms with van der Waals surface area (Å²) in [5.41, 5.74) is -1.65. The highest BCUT2D eigenvalue weighted by Gasteiger charge is 2.46. The van der Waals surface area contributed by atoms with Gasteiger partial charge in [0.05, 0.1) is 11.7 Å². The normalized spacial score (nSPS) is 27.9. The molecule has 0 aliphatic heterocycles. The Hall–Kier alpha value is -1.07. The molecule has 2 rings (SSSR count). The minimum Gasteiger partial charge on any atom is -0.385 e. The van der Waals surface area contributed by atoms with E-state index in [4.69, 9.17) is 4.74 Å². The molecule has 0 saturated heterocycles. The van der Waals surface area contributed by atoms with Crippen molar-refractivity contribution in [1.29, 1.82) is 0 Å². The quantitative estimate of drug-likeness (QED) is 0.830. The topological polar surface area (TPSA) is 29.5 Å². The fourth-order valence-corrected chi connectivity index (χ4v) is 2.15. The molecule has 5 heteroatoms. The Morgan fingerprint density at radius 2 is 1.94 bits per heavy atom. The van der Waals surface area contributed by atoms with E-state index in [1.54, 1.807) is 0 Å². The molecule has 1 aliphatic rings. The van der Waals surface area contributed by atoms with Gasteiger partial charge in [0, 0.05) is 25.0 Å². The van der Waals surface area contributed by atoms with Crippen molar-refractivity contribution in [3.63, 3.8) is 0 Å². The smallest absolute Gasteiger partial charge is 0.194 e. The average molecular weight is 246 g/mol. The van der Waals surface area contributed by atoms with Crippen LogP contribution < -0.4 is 0 Å². The molecule has 0 aromatic heterocycles. The SMILES string of the molecule is CCOC1CC(O)(c2ccc(F)c(F)c2F)C1. The second kappa shape index (κ2) is 4.31. The monoisotopic (exact) mass is 246 g/mol. The third-order valence-electron chi connectivity index (χ3n) is 3.07. The third kappa shape index (κ3) is 2.05. The van der Waals surface area contributed by atoms with Crippen LogP contribution in [0.15, 0.2) is 12.1 Å². The van der Waals surface area contributed by atoms with E-state index in [1.165, 1.54) is 0 Å². The Balaban J connectivity index is 2.22. The standard InChI is InChI=1S/C12H13F3O2/c1-2-17-7-5-12(16,6-7)8-3-4-9(13)11(15)10(8)14/h3-4,7,16H,2,5-6H2,1H3. The Kier molecular flexibility index (Phi) is 3.14. The van der Waals surface area contributed by atoms with Crippen LogP contribution >= 0.6 is 0 Å². The van der Waals surface area contributed by atoms with E-state index < -0.39 is 23.1 Å². The number of hydrogen-bond acceptors (Lipinski definition) is 2. The van der Waals surface area contributed by atoms with Crippen molar-refractivity contribution >= 4 is 0 Å². The Morgan fingerprint density at radius 3 is 2.53 bits per heavy atom. The van der Waals surface area contributed by atoms with Crippen molar-refractivity contribution in [2.45, 2.75) is 31.5 Å². The van der Waals surface area contributed by atoms with Crippen LogP contribution in [0.25, 0.3) is 0 Å². The van der Waals surface area contributed by atoms with Crippen molar-refractivity contribution in [3.05, 3.63) is 35.1 Å². The van der Waals surface area contributed by atoms with Crippen molar-refractivity contribution in [2.24, 2.45) is 0 Å². The number of ether oxygens (including phenoxy) is 1. The van der Waals surface area contributed by atoms with Gasteiger partial charge in [-0.25, -0.2) is 13.2 Å². The highest BCUT2D eigenvalue weighted by Crippen LogP contribution is 2.44. The largest absolute Gasteiger partial charge is 0.385 e. The maximum absolute atomic E-state index is 13.5. The molecule has 1 aliphatic carbocycles. The minimum absolute atomic E-state index is 0.155. The van der Waals surface area contributed by atoms with Gasteiger partial charge in [0.2, 0.25) is 0 Å². The van der Waals surface area contributed by atoms with Crippen LogP contribution in [0.5, 0.6) is 0 Å². The molecule has 1 fully saturated rings. The molecule has 1 aromatic rings. The molecule has 0 amide bonds. The molecule has 1 N–H and O–H groups in total. The average Bonchev–Trinajstić information content (AvgIpc) is 2.24. The molecular formula is C12H13F3O2. The van der Waals surface area contributed by atoms with Gasteiger partial charge in [-0.1, -0.05) is 6.07 Å². The number of rotatable bonds is 3. The molecule has 1 saturated carbocycles. The second-order valence-electron chi connectivity index (χ2n) is 4.24. The molecule has 17 heavy (non-hydrogen) atoms. The molecular weight excluding hydrogens is 233 g/mol. The summed E-state index contributed by atoms with van der Waals surface area (Å²) in [6.07, 6.45) is 0.239. The first-order valence-electron chi connectivity index (χ1n) is 5.46. The highest BCUT2D eigenvalue weighted by atomic mass is 19.2. The third-order valence-corrected chi connectivity index (χ3v) is 3.07. The van der Waals surface area contributed by atoms with Gasteiger partial charge in [-0.05, 0) is 13.0 Å². The summed E-state index contributed by atoms with van der Waals surface area (Å²) in [6.45, 7) is 2.32. The lowest BCUT2D eigenvalue weighted by molar-refractivity contribution is -0.144. The van der Waals surface area contributed by atoms with Gasteiger partial charge in [-0.15, -0.1) is 0 Å². The predicted molar refractivity (Wildman–Crippen MR) is 54.9 cm³/mol. The zero-order valence-electron chi connectivity index (χ0n) is 9.34. The lowest BCUT2D eigenvalue weighted by Gasteiger charge is -2.43. The molecule has 94 valence electrons. The van der Waals surface area contributed by atoms with Gasteiger partial charge >= 0.3 is 0 Å². The van der Waals surface area contributed by atoms with Crippen LogP contribution in [-0.4, -0.2) is 17.8 Å². The second-order valence-corrected chi connectivity index (χ2v) is 4.24. The van der Waals surface area contributed by atoms with Crippen molar-refractivity contribution in [1.82, 2.24) is 0 Å². The zero-order valence-corrected chi connectivity index (χ0v) is 9.34. The lowest BCUT2D eigenvalue weighted by Crippen LogP contribution is -2.46. The van der Waals surface area contributed by atoms with E-state index in [0.29, 0.717) is 6.61 Å². The summed E-state index contributed by atoms with van der Waals surface area (Å²) in [4.78, 5) is 0. The van der Waals surface area contributed by atoms with Crippen molar-refractivity contribution in [2.75, 3.05) is 6.61 Å². The number of benzene rings is 1. The fourth-order valence-electron chi connectivity index (χ4n) is 2.15. The molecule has 0 unspecified atom stereocenters. The Morgan fingerprint density at radius 1 is 1.29 bits per heavy atom. The molecule has 0 radical (unpaired) electrons. The first kappa shape index (κ1) is 12.4. The summed E-state index contributed by atoms with van der Waals surface area (Å²) < 4.78 is 44.5. The molecule has 0 heterocycles. The van der Waals surface area contributed by atoms with E-state index in [-0.39, 0.29) is 24.5 Å². The lowest BCUT2D eigenvalue weighted by atomic mass is 9.72. The van der Waals surface area contributed by atoms with Gasteiger partial charge in [0.1, 0.15) is 0 Å². The van der Waals surface area contributed by atoms with Gasteiger partial charge in [-0.3, -0.25) is 0 Å². The highest BCUT2D eigenvalue weighted by molar-refractivity contribution is 5.29. The van der Waals surface area contributed by atoms with E-state index in [0.717, 1.165) is 12.1 Å². The van der Waals surface area contributed by atoms with Crippen LogP contribution in [0.4, 0.5) is 13.2 Å². The summed E-state index contributed by atoms with van der Waals surface area (Å²) in [7, 11) is 0. The van der Waals surface area contributed by atoms with Crippen LogP contribution in [0.3, 0.4) is 0 Å². The Labute approximate surface area is 97.0 Å². The zero-order chi connectivity index (χ0) is 12.6. The van der Waals surface area contributed by atoms with Crippen LogP contribution in [0.2, 0.25) is 0 Å². The van der Waals surface area contributed by atoms with Gasteiger partial charge in [-0.2, -0.15) is 0 Å². The van der Waals surface area contributed by atoms with E-state index in [9.17, 15) is 18.3 Å². The maximum Gasteiger partial charge on any atom is 0.194 e. The van der Waals surface area contributed by atoms with E-state index >= 15 is 0 Å². The van der Waals surface area contributed by atoms with Gasteiger partial charge in [0.25, 0.3) is 0 Å². The van der Waals surface area contributed by atoms with Gasteiger partial charge < -0.3 is 9.84 Å². The van der Waals surface area contributed by atoms with Crippen LogP contribution in [0.1, 0.15) is 25.3 Å². The maximum atomic E-state index is 13.5.